The summed E-state index contributed by atoms with van der Waals surface area (Å²) >= 11 is 0. The van der Waals surface area contributed by atoms with Gasteiger partial charge < -0.3 is 4.48 Å². The minimum absolute atomic E-state index is 0.869. The summed E-state index contributed by atoms with van der Waals surface area (Å²) in [5, 5.41) is 0. The Morgan fingerprint density at radius 3 is 2.45 bits per heavy atom. The van der Waals surface area contributed by atoms with Crippen molar-refractivity contribution in [1.82, 2.24) is 0 Å². The highest BCUT2D eigenvalue weighted by molar-refractivity contribution is 4.67. The van der Waals surface area contributed by atoms with Crippen LogP contribution in [0.1, 0.15) is 33.1 Å². The zero-order valence-electron chi connectivity index (χ0n) is 8.43. The van der Waals surface area contributed by atoms with Crippen LogP contribution < -0.4 is 0 Å². The first-order valence-corrected chi connectivity index (χ1v) is 4.89. The van der Waals surface area contributed by atoms with Crippen LogP contribution in [0.2, 0.25) is 0 Å². The summed E-state index contributed by atoms with van der Waals surface area (Å²) in [6.45, 7) is 6.09. The quantitative estimate of drug-likeness (QED) is 0.511. The van der Waals surface area contributed by atoms with Crippen molar-refractivity contribution in [2.75, 3.05) is 20.6 Å². The highest BCUT2D eigenvalue weighted by Gasteiger charge is 2.31. The van der Waals surface area contributed by atoms with Crippen LogP contribution in [0.5, 0.6) is 0 Å². The van der Waals surface area contributed by atoms with E-state index >= 15 is 0 Å². The van der Waals surface area contributed by atoms with Crippen LogP contribution >= 0.6 is 0 Å². The van der Waals surface area contributed by atoms with Gasteiger partial charge in [-0.1, -0.05) is 13.3 Å². The van der Waals surface area contributed by atoms with E-state index in [1.165, 1.54) is 30.3 Å². The molecular formula is C10H22N+. The maximum absolute atomic E-state index is 2.39. The molecule has 66 valence electrons. The predicted octanol–water partition coefficient (Wildman–Crippen LogP) is 2.27. The average Bonchev–Trinajstić information content (AvgIpc) is 1.95. The summed E-state index contributed by atoms with van der Waals surface area (Å²) in [7, 11) is 4.72. The van der Waals surface area contributed by atoms with E-state index in [4.69, 9.17) is 0 Å². The molecule has 0 radical (unpaired) electrons. The predicted molar refractivity (Wildman–Crippen MR) is 49.5 cm³/mol. The van der Waals surface area contributed by atoms with Crippen LogP contribution in [0.15, 0.2) is 0 Å². The molecule has 0 aromatic heterocycles. The fourth-order valence-electron chi connectivity index (χ4n) is 1.99. The van der Waals surface area contributed by atoms with E-state index < -0.39 is 0 Å². The zero-order chi connectivity index (χ0) is 8.48. The highest BCUT2D eigenvalue weighted by Crippen LogP contribution is 2.27. The molecule has 1 fully saturated rings. The van der Waals surface area contributed by atoms with Gasteiger partial charge in [0.15, 0.2) is 0 Å². The summed E-state index contributed by atoms with van der Waals surface area (Å²) in [5.74, 6) is 1.01. The van der Waals surface area contributed by atoms with Crippen LogP contribution in [0, 0.1) is 5.92 Å². The van der Waals surface area contributed by atoms with E-state index in [-0.39, 0.29) is 0 Å². The van der Waals surface area contributed by atoms with Crippen molar-refractivity contribution < 1.29 is 4.48 Å². The van der Waals surface area contributed by atoms with Gasteiger partial charge in [-0.3, -0.25) is 0 Å². The molecule has 1 heterocycles. The number of hydrogen-bond acceptors (Lipinski definition) is 0. The van der Waals surface area contributed by atoms with Crippen molar-refractivity contribution in [2.45, 2.75) is 39.2 Å². The summed E-state index contributed by atoms with van der Waals surface area (Å²) in [6.07, 6.45) is 4.25. The number of piperidine rings is 1. The monoisotopic (exact) mass is 156 g/mol. The third-order valence-corrected chi connectivity index (χ3v) is 3.56. The van der Waals surface area contributed by atoms with Gasteiger partial charge in [-0.25, -0.2) is 0 Å². The van der Waals surface area contributed by atoms with Gasteiger partial charge in [0, 0.05) is 6.42 Å². The second kappa shape index (κ2) is 3.14. The Morgan fingerprint density at radius 1 is 1.36 bits per heavy atom. The first-order valence-electron chi connectivity index (χ1n) is 4.89. The summed E-state index contributed by atoms with van der Waals surface area (Å²) in [4.78, 5) is 0. The fourth-order valence-corrected chi connectivity index (χ4v) is 1.99. The number of hydrogen-bond donors (Lipinski definition) is 0. The van der Waals surface area contributed by atoms with Crippen molar-refractivity contribution in [3.05, 3.63) is 0 Å². The van der Waals surface area contributed by atoms with E-state index in [0.717, 1.165) is 12.0 Å². The first kappa shape index (κ1) is 9.05. The maximum Gasteiger partial charge on any atom is 0.0860 e. The van der Waals surface area contributed by atoms with Crippen LogP contribution in [0.3, 0.4) is 0 Å². The number of likely N-dealkylation sites (tertiary alicyclic amines) is 1. The molecule has 1 heteroatoms. The van der Waals surface area contributed by atoms with E-state index in [9.17, 15) is 0 Å². The summed E-state index contributed by atoms with van der Waals surface area (Å²) < 4.78 is 1.23. The number of quaternary nitrogens is 1. The van der Waals surface area contributed by atoms with Crippen molar-refractivity contribution in [3.8, 4) is 0 Å². The molecule has 1 aliphatic rings. The standard InChI is InChI=1S/C10H22N/c1-5-10-6-7-11(3,4)9(2)8-10/h9-10H,5-8H2,1-4H3/q+1. The van der Waals surface area contributed by atoms with Crippen LogP contribution in [-0.2, 0) is 0 Å². The Morgan fingerprint density at radius 2 is 2.00 bits per heavy atom. The fraction of sp³-hybridized carbons (Fsp3) is 1.00. The van der Waals surface area contributed by atoms with Crippen LogP contribution in [-0.4, -0.2) is 31.2 Å². The van der Waals surface area contributed by atoms with Crippen molar-refractivity contribution in [2.24, 2.45) is 5.92 Å². The lowest BCUT2D eigenvalue weighted by Gasteiger charge is -2.42. The molecule has 0 aromatic carbocycles. The van der Waals surface area contributed by atoms with Gasteiger partial charge in [0.05, 0.1) is 26.7 Å². The molecule has 0 amide bonds. The van der Waals surface area contributed by atoms with Gasteiger partial charge in [0.2, 0.25) is 0 Å². The summed E-state index contributed by atoms with van der Waals surface area (Å²) in [6, 6.07) is 0.869. The van der Waals surface area contributed by atoms with Crippen LogP contribution in [0.25, 0.3) is 0 Å². The lowest BCUT2D eigenvalue weighted by atomic mass is 9.88. The molecule has 2 atom stereocenters. The zero-order valence-corrected chi connectivity index (χ0v) is 8.43. The highest BCUT2D eigenvalue weighted by atomic mass is 15.3. The molecule has 1 saturated heterocycles. The van der Waals surface area contributed by atoms with Crippen molar-refractivity contribution in [1.29, 1.82) is 0 Å². The molecule has 0 spiro atoms. The molecule has 0 aliphatic carbocycles. The summed E-state index contributed by atoms with van der Waals surface area (Å²) in [5.41, 5.74) is 0. The maximum atomic E-state index is 2.39. The molecule has 0 N–H and O–H groups in total. The third-order valence-electron chi connectivity index (χ3n) is 3.56. The third kappa shape index (κ3) is 1.96. The SMILES string of the molecule is CCC1CC[N+](C)(C)C(C)C1. The van der Waals surface area contributed by atoms with Gasteiger partial charge in [0.25, 0.3) is 0 Å². The van der Waals surface area contributed by atoms with Gasteiger partial charge >= 0.3 is 0 Å². The molecule has 0 aromatic rings. The van der Waals surface area contributed by atoms with E-state index in [2.05, 4.69) is 27.9 Å². The molecule has 0 bridgehead atoms. The lowest BCUT2D eigenvalue weighted by molar-refractivity contribution is -0.919. The molecular weight excluding hydrogens is 134 g/mol. The molecule has 11 heavy (non-hydrogen) atoms. The smallest absolute Gasteiger partial charge is 0.0860 e. The van der Waals surface area contributed by atoms with E-state index in [1.54, 1.807) is 0 Å². The second-order valence-electron chi connectivity index (χ2n) is 4.65. The van der Waals surface area contributed by atoms with Gasteiger partial charge in [-0.05, 0) is 19.3 Å². The van der Waals surface area contributed by atoms with E-state index in [0.29, 0.717) is 0 Å². The Kier molecular flexibility index (Phi) is 2.58. The molecule has 1 aliphatic heterocycles. The number of nitrogens with zero attached hydrogens (tertiary/aromatic N) is 1. The molecule has 0 saturated carbocycles. The topological polar surface area (TPSA) is 0 Å². The minimum atomic E-state index is 0.869. The normalized spacial score (nSPS) is 37.1. The Labute approximate surface area is 71.0 Å². The second-order valence-corrected chi connectivity index (χ2v) is 4.65. The van der Waals surface area contributed by atoms with Gasteiger partial charge in [-0.15, -0.1) is 0 Å². The number of rotatable bonds is 1. The largest absolute Gasteiger partial charge is 0.326 e. The van der Waals surface area contributed by atoms with Crippen molar-refractivity contribution in [3.63, 3.8) is 0 Å². The van der Waals surface area contributed by atoms with Gasteiger partial charge in [0.1, 0.15) is 0 Å². The Bertz CT molecular complexity index is 129. The minimum Gasteiger partial charge on any atom is -0.326 e. The Hall–Kier alpha value is -0.0400. The first-order chi connectivity index (χ1) is 5.06. The van der Waals surface area contributed by atoms with Crippen LogP contribution in [0.4, 0.5) is 0 Å². The van der Waals surface area contributed by atoms with Gasteiger partial charge in [-0.2, -0.15) is 0 Å². The molecule has 2 unspecified atom stereocenters. The van der Waals surface area contributed by atoms with E-state index in [1.807, 2.05) is 0 Å². The average molecular weight is 156 g/mol. The molecule has 1 rings (SSSR count). The lowest BCUT2D eigenvalue weighted by Crippen LogP contribution is -2.52. The van der Waals surface area contributed by atoms with Crippen molar-refractivity contribution >= 4 is 0 Å². The molecule has 1 nitrogen and oxygen atoms in total. The Balaban J connectivity index is 2.48.